The molecule has 2 aromatic carbocycles. The molecule has 4 rings (SSSR count). The van der Waals surface area contributed by atoms with E-state index in [4.69, 9.17) is 5.73 Å². The molecule has 1 saturated heterocycles. The van der Waals surface area contributed by atoms with Crippen LogP contribution >= 0.6 is 15.9 Å². The number of hydrogen-bond acceptors (Lipinski definition) is 7. The van der Waals surface area contributed by atoms with Crippen LogP contribution in [0.3, 0.4) is 0 Å². The molecule has 166 valence electrons. The van der Waals surface area contributed by atoms with E-state index < -0.39 is 0 Å². The molecule has 1 aliphatic heterocycles. The minimum absolute atomic E-state index is 0.292. The Bertz CT molecular complexity index is 1130. The first-order chi connectivity index (χ1) is 15.5. The van der Waals surface area contributed by atoms with Crippen molar-refractivity contribution in [2.24, 2.45) is 0 Å². The molecule has 1 aromatic heterocycles. The number of carbonyl (C=O) groups is 1. The van der Waals surface area contributed by atoms with E-state index in [9.17, 15) is 4.79 Å². The van der Waals surface area contributed by atoms with Crippen molar-refractivity contribution in [1.29, 1.82) is 0 Å². The molecule has 1 amide bonds. The molecule has 8 nitrogen and oxygen atoms in total. The highest BCUT2D eigenvalue weighted by molar-refractivity contribution is 9.10. The molecular weight excluding hydrogens is 470 g/mol. The minimum Gasteiger partial charge on any atom is -0.393 e. The summed E-state index contributed by atoms with van der Waals surface area (Å²) in [6.45, 7) is 7.62. The Labute approximate surface area is 195 Å². The Morgan fingerprint density at radius 3 is 2.47 bits per heavy atom. The highest BCUT2D eigenvalue weighted by Crippen LogP contribution is 2.29. The number of nitrogens with two attached hydrogens (primary N) is 1. The fraction of sp³-hybridized carbons (Fsp3) is 0.261. The lowest BCUT2D eigenvalue weighted by atomic mass is 10.1. The highest BCUT2D eigenvalue weighted by Gasteiger charge is 2.22. The molecular formula is C23H26BrN7O. The molecule has 1 fully saturated rings. The number of piperazine rings is 1. The Morgan fingerprint density at radius 2 is 1.72 bits per heavy atom. The molecule has 3 aromatic rings. The van der Waals surface area contributed by atoms with Crippen molar-refractivity contribution in [3.05, 3.63) is 70.0 Å². The summed E-state index contributed by atoms with van der Waals surface area (Å²) in [5.74, 6) is 0.741. The summed E-state index contributed by atoms with van der Waals surface area (Å²) in [5.41, 5.74) is 16.6. The molecule has 4 N–H and O–H groups in total. The van der Waals surface area contributed by atoms with Crippen LogP contribution in [0.4, 0.5) is 23.0 Å². The van der Waals surface area contributed by atoms with Gasteiger partial charge >= 0.3 is 0 Å². The second-order valence-corrected chi connectivity index (χ2v) is 8.57. The van der Waals surface area contributed by atoms with Gasteiger partial charge in [0.05, 0.1) is 5.56 Å². The topological polar surface area (TPSA) is 99.4 Å². The van der Waals surface area contributed by atoms with Crippen molar-refractivity contribution >= 4 is 44.8 Å². The fourth-order valence-electron chi connectivity index (χ4n) is 3.80. The van der Waals surface area contributed by atoms with Crippen molar-refractivity contribution in [3.63, 3.8) is 0 Å². The van der Waals surface area contributed by atoms with Crippen LogP contribution in [-0.4, -0.2) is 42.1 Å². The van der Waals surface area contributed by atoms with Crippen molar-refractivity contribution in [1.82, 2.24) is 15.4 Å². The van der Waals surface area contributed by atoms with Gasteiger partial charge < -0.3 is 15.5 Å². The van der Waals surface area contributed by atoms with Gasteiger partial charge in [0.2, 0.25) is 0 Å². The lowest BCUT2D eigenvalue weighted by Crippen LogP contribution is -2.47. The maximum absolute atomic E-state index is 12.5. The number of benzene rings is 2. The Balaban J connectivity index is 1.42. The summed E-state index contributed by atoms with van der Waals surface area (Å²) in [4.78, 5) is 25.6. The van der Waals surface area contributed by atoms with Gasteiger partial charge in [-0.2, -0.15) is 0 Å². The molecule has 1 aliphatic rings. The van der Waals surface area contributed by atoms with E-state index in [2.05, 4.69) is 78.6 Å². The van der Waals surface area contributed by atoms with E-state index in [1.54, 1.807) is 12.1 Å². The fourth-order valence-corrected chi connectivity index (χ4v) is 4.27. The summed E-state index contributed by atoms with van der Waals surface area (Å²) in [6, 6.07) is 13.6. The average molecular weight is 496 g/mol. The number of aromatic nitrogens is 2. The van der Waals surface area contributed by atoms with Crippen LogP contribution in [0.2, 0.25) is 0 Å². The van der Waals surface area contributed by atoms with Gasteiger partial charge in [0.1, 0.15) is 12.0 Å². The molecule has 32 heavy (non-hydrogen) atoms. The van der Waals surface area contributed by atoms with Crippen LogP contribution in [0, 0.1) is 13.8 Å². The number of hydrazine groups is 1. The number of rotatable bonds is 5. The van der Waals surface area contributed by atoms with Crippen LogP contribution in [-0.2, 0) is 0 Å². The number of hydrogen-bond donors (Lipinski definition) is 3. The number of nitrogens with zero attached hydrogens (tertiary/aromatic N) is 4. The number of nitrogens with one attached hydrogen (secondary N) is 2. The van der Waals surface area contributed by atoms with Gasteiger partial charge in [-0.05, 0) is 59.1 Å². The molecule has 0 spiro atoms. The van der Waals surface area contributed by atoms with E-state index in [0.29, 0.717) is 27.4 Å². The van der Waals surface area contributed by atoms with Crippen molar-refractivity contribution < 1.29 is 4.79 Å². The van der Waals surface area contributed by atoms with Gasteiger partial charge in [0, 0.05) is 36.3 Å². The summed E-state index contributed by atoms with van der Waals surface area (Å²) in [5, 5.41) is 0. The van der Waals surface area contributed by atoms with Crippen molar-refractivity contribution in [2.45, 2.75) is 13.8 Å². The molecule has 0 saturated carbocycles. The van der Waals surface area contributed by atoms with Gasteiger partial charge in [0.15, 0.2) is 11.6 Å². The third-order valence-electron chi connectivity index (χ3n) is 5.77. The summed E-state index contributed by atoms with van der Waals surface area (Å²) < 4.78 is 0.706. The number of aryl methyl sites for hydroxylation is 1. The van der Waals surface area contributed by atoms with Crippen LogP contribution in [0.15, 0.2) is 53.3 Å². The number of carbonyl (C=O) groups excluding carboxylic acids is 1. The number of anilines is 4. The third-order valence-corrected chi connectivity index (χ3v) is 6.46. The first-order valence-electron chi connectivity index (χ1n) is 10.4. The number of amides is 1. The Hall–Kier alpha value is -3.33. The van der Waals surface area contributed by atoms with Crippen LogP contribution in [0.1, 0.15) is 21.5 Å². The maximum Gasteiger partial charge on any atom is 0.270 e. The number of halogens is 1. The van der Waals surface area contributed by atoms with Gasteiger partial charge in [-0.15, -0.1) is 0 Å². The standard InChI is InChI=1S/C23H26BrN7O/c1-15-6-5-9-19(16(15)2)30-10-12-31(13-11-30)22-20(25)21(26-14-27-22)28-29-23(32)17-7-3-4-8-18(17)24/h3-9,14H,10-13,25H2,1-2H3,(H,29,32)(H,26,27,28). The summed E-state index contributed by atoms with van der Waals surface area (Å²) >= 11 is 3.38. The largest absolute Gasteiger partial charge is 0.393 e. The molecule has 0 radical (unpaired) electrons. The van der Waals surface area contributed by atoms with Gasteiger partial charge in [0.25, 0.3) is 5.91 Å². The second-order valence-electron chi connectivity index (χ2n) is 7.71. The van der Waals surface area contributed by atoms with Crippen LogP contribution in [0.5, 0.6) is 0 Å². The van der Waals surface area contributed by atoms with E-state index in [-0.39, 0.29) is 5.91 Å². The third kappa shape index (κ3) is 4.47. The number of nitrogen functional groups attached to an aromatic ring is 1. The zero-order valence-electron chi connectivity index (χ0n) is 18.1. The zero-order valence-corrected chi connectivity index (χ0v) is 19.7. The van der Waals surface area contributed by atoms with E-state index in [1.165, 1.54) is 23.1 Å². The average Bonchev–Trinajstić information content (AvgIpc) is 2.80. The predicted octanol–water partition coefficient (Wildman–Crippen LogP) is 3.52. The molecule has 0 bridgehead atoms. The molecule has 0 unspecified atom stereocenters. The van der Waals surface area contributed by atoms with Crippen molar-refractivity contribution in [3.8, 4) is 0 Å². The predicted molar refractivity (Wildman–Crippen MR) is 132 cm³/mol. The molecule has 0 atom stereocenters. The van der Waals surface area contributed by atoms with Crippen LogP contribution in [0.25, 0.3) is 0 Å². The van der Waals surface area contributed by atoms with Gasteiger partial charge in [-0.3, -0.25) is 15.6 Å². The van der Waals surface area contributed by atoms with Gasteiger partial charge in [-0.25, -0.2) is 9.97 Å². The van der Waals surface area contributed by atoms with E-state index >= 15 is 0 Å². The summed E-state index contributed by atoms with van der Waals surface area (Å²) in [7, 11) is 0. The van der Waals surface area contributed by atoms with E-state index in [0.717, 1.165) is 26.2 Å². The summed E-state index contributed by atoms with van der Waals surface area (Å²) in [6.07, 6.45) is 1.45. The first kappa shape index (κ1) is 21.9. The lowest BCUT2D eigenvalue weighted by molar-refractivity contribution is 0.0961. The second kappa shape index (κ2) is 9.44. The SMILES string of the molecule is Cc1cccc(N2CCN(c3ncnc(NNC(=O)c4ccccc4Br)c3N)CC2)c1C. The smallest absolute Gasteiger partial charge is 0.270 e. The van der Waals surface area contributed by atoms with E-state index in [1.807, 2.05) is 12.1 Å². The lowest BCUT2D eigenvalue weighted by Gasteiger charge is -2.38. The molecule has 2 heterocycles. The Kier molecular flexibility index (Phi) is 6.45. The van der Waals surface area contributed by atoms with Gasteiger partial charge in [-0.1, -0.05) is 24.3 Å². The van der Waals surface area contributed by atoms with Crippen LogP contribution < -0.4 is 26.4 Å². The zero-order chi connectivity index (χ0) is 22.7. The first-order valence-corrected chi connectivity index (χ1v) is 11.2. The molecule has 9 heteroatoms. The Morgan fingerprint density at radius 1 is 1.00 bits per heavy atom. The monoisotopic (exact) mass is 495 g/mol. The van der Waals surface area contributed by atoms with Crippen molar-refractivity contribution in [2.75, 3.05) is 47.1 Å². The maximum atomic E-state index is 12.5. The highest BCUT2D eigenvalue weighted by atomic mass is 79.9. The normalized spacial score (nSPS) is 13.7. The quantitative estimate of drug-likeness (QED) is 0.465. The molecule has 0 aliphatic carbocycles. The minimum atomic E-state index is -0.292.